The summed E-state index contributed by atoms with van der Waals surface area (Å²) in [6, 6.07) is 11.7. The van der Waals surface area contributed by atoms with Gasteiger partial charge in [0.05, 0.1) is 0 Å². The number of nitrogens with zero attached hydrogens (tertiary/aromatic N) is 1. The van der Waals surface area contributed by atoms with Crippen molar-refractivity contribution in [2.45, 2.75) is 51.1 Å². The highest BCUT2D eigenvalue weighted by molar-refractivity contribution is 5.15. The average Bonchev–Trinajstić information content (AvgIpc) is 3.31. The standard InChI is InChI=1S/C18H28N2/c1-18(2,11-10-15-6-4-3-5-7-15)20-13-12-19-17(14-20)16-8-9-16/h3-7,16-17,19H,8-14H2,1-2H3. The first kappa shape index (κ1) is 14.1. The SMILES string of the molecule is CC(C)(CCc1ccccc1)N1CCNC(C2CC2)C1. The van der Waals surface area contributed by atoms with Gasteiger partial charge < -0.3 is 5.32 Å². The van der Waals surface area contributed by atoms with Crippen LogP contribution in [0.15, 0.2) is 30.3 Å². The smallest absolute Gasteiger partial charge is 0.0223 e. The second kappa shape index (κ2) is 5.87. The number of aryl methyl sites for hydroxylation is 1. The van der Waals surface area contributed by atoms with Crippen LogP contribution in [0, 0.1) is 5.92 Å². The predicted octanol–water partition coefficient (Wildman–Crippen LogP) is 3.08. The average molecular weight is 272 g/mol. The molecule has 0 bridgehead atoms. The Morgan fingerprint density at radius 1 is 1.20 bits per heavy atom. The number of nitrogens with one attached hydrogen (secondary N) is 1. The fraction of sp³-hybridized carbons (Fsp3) is 0.667. The van der Waals surface area contributed by atoms with Gasteiger partial charge in [0.15, 0.2) is 0 Å². The summed E-state index contributed by atoms with van der Waals surface area (Å²) >= 11 is 0. The summed E-state index contributed by atoms with van der Waals surface area (Å²) in [6.07, 6.45) is 5.31. The maximum absolute atomic E-state index is 3.72. The fourth-order valence-electron chi connectivity index (χ4n) is 3.40. The first-order valence-corrected chi connectivity index (χ1v) is 8.17. The van der Waals surface area contributed by atoms with E-state index in [0.717, 1.165) is 18.5 Å². The van der Waals surface area contributed by atoms with Gasteiger partial charge in [0.2, 0.25) is 0 Å². The van der Waals surface area contributed by atoms with Crippen LogP contribution in [0.5, 0.6) is 0 Å². The molecule has 3 rings (SSSR count). The van der Waals surface area contributed by atoms with E-state index >= 15 is 0 Å². The van der Waals surface area contributed by atoms with Gasteiger partial charge in [0.1, 0.15) is 0 Å². The van der Waals surface area contributed by atoms with Crippen molar-refractivity contribution < 1.29 is 0 Å². The van der Waals surface area contributed by atoms with Crippen LogP contribution in [-0.4, -0.2) is 36.1 Å². The minimum absolute atomic E-state index is 0.311. The molecule has 20 heavy (non-hydrogen) atoms. The van der Waals surface area contributed by atoms with Gasteiger partial charge in [0, 0.05) is 31.2 Å². The van der Waals surface area contributed by atoms with E-state index < -0.39 is 0 Å². The van der Waals surface area contributed by atoms with Crippen molar-refractivity contribution >= 4 is 0 Å². The van der Waals surface area contributed by atoms with Crippen molar-refractivity contribution in [3.8, 4) is 0 Å². The summed E-state index contributed by atoms with van der Waals surface area (Å²) in [4.78, 5) is 2.72. The van der Waals surface area contributed by atoms with Gasteiger partial charge in [-0.05, 0) is 51.0 Å². The molecule has 1 saturated heterocycles. The van der Waals surface area contributed by atoms with Gasteiger partial charge in [0.25, 0.3) is 0 Å². The van der Waals surface area contributed by atoms with Crippen molar-refractivity contribution in [3.63, 3.8) is 0 Å². The molecule has 1 aromatic rings. The van der Waals surface area contributed by atoms with Crippen molar-refractivity contribution in [1.29, 1.82) is 0 Å². The van der Waals surface area contributed by atoms with Crippen LogP contribution in [0.3, 0.4) is 0 Å². The maximum Gasteiger partial charge on any atom is 0.0223 e. The molecule has 1 heterocycles. The van der Waals surface area contributed by atoms with Crippen LogP contribution in [0.2, 0.25) is 0 Å². The molecule has 2 heteroatoms. The molecule has 2 aliphatic rings. The van der Waals surface area contributed by atoms with Crippen LogP contribution >= 0.6 is 0 Å². The summed E-state index contributed by atoms with van der Waals surface area (Å²) in [6.45, 7) is 8.45. The molecule has 0 amide bonds. The number of hydrogen-bond acceptors (Lipinski definition) is 2. The molecule has 1 aromatic carbocycles. The summed E-state index contributed by atoms with van der Waals surface area (Å²) < 4.78 is 0. The van der Waals surface area contributed by atoms with E-state index in [-0.39, 0.29) is 0 Å². The molecule has 1 N–H and O–H groups in total. The van der Waals surface area contributed by atoms with Gasteiger partial charge in [-0.3, -0.25) is 4.90 Å². The second-order valence-corrected chi connectivity index (χ2v) is 7.14. The lowest BCUT2D eigenvalue weighted by atomic mass is 9.91. The molecule has 0 spiro atoms. The van der Waals surface area contributed by atoms with Gasteiger partial charge in [-0.1, -0.05) is 30.3 Å². The Bertz CT molecular complexity index is 422. The Morgan fingerprint density at radius 2 is 1.95 bits per heavy atom. The monoisotopic (exact) mass is 272 g/mol. The van der Waals surface area contributed by atoms with Gasteiger partial charge in [-0.15, -0.1) is 0 Å². The molecule has 2 nitrogen and oxygen atoms in total. The largest absolute Gasteiger partial charge is 0.311 e. The van der Waals surface area contributed by atoms with E-state index in [4.69, 9.17) is 0 Å². The number of piperazine rings is 1. The van der Waals surface area contributed by atoms with E-state index in [9.17, 15) is 0 Å². The number of rotatable bonds is 5. The third-order valence-corrected chi connectivity index (χ3v) is 5.12. The zero-order valence-corrected chi connectivity index (χ0v) is 12.9. The van der Waals surface area contributed by atoms with E-state index in [1.165, 1.54) is 44.3 Å². The lowest BCUT2D eigenvalue weighted by Crippen LogP contribution is -2.58. The lowest BCUT2D eigenvalue weighted by molar-refractivity contribution is 0.0710. The second-order valence-electron chi connectivity index (χ2n) is 7.14. The third kappa shape index (κ3) is 3.42. The van der Waals surface area contributed by atoms with Crippen LogP contribution < -0.4 is 5.32 Å². The number of hydrogen-bond donors (Lipinski definition) is 1. The molecule has 1 saturated carbocycles. The Kier molecular flexibility index (Phi) is 4.13. The fourth-order valence-corrected chi connectivity index (χ4v) is 3.40. The molecule has 2 fully saturated rings. The van der Waals surface area contributed by atoms with Gasteiger partial charge in [-0.25, -0.2) is 0 Å². The molecular formula is C18H28N2. The van der Waals surface area contributed by atoms with E-state index in [2.05, 4.69) is 54.4 Å². The lowest BCUT2D eigenvalue weighted by Gasteiger charge is -2.44. The van der Waals surface area contributed by atoms with E-state index in [1.54, 1.807) is 0 Å². The zero-order chi connectivity index (χ0) is 14.0. The maximum atomic E-state index is 3.72. The summed E-state index contributed by atoms with van der Waals surface area (Å²) in [5.74, 6) is 0.961. The highest BCUT2D eigenvalue weighted by Gasteiger charge is 2.37. The van der Waals surface area contributed by atoms with Crippen LogP contribution in [0.4, 0.5) is 0 Å². The van der Waals surface area contributed by atoms with Crippen molar-refractivity contribution in [3.05, 3.63) is 35.9 Å². The summed E-state index contributed by atoms with van der Waals surface area (Å²) in [5.41, 5.74) is 1.78. The highest BCUT2D eigenvalue weighted by atomic mass is 15.2. The Labute approximate surface area is 123 Å². The highest BCUT2D eigenvalue weighted by Crippen LogP contribution is 2.35. The Morgan fingerprint density at radius 3 is 2.65 bits per heavy atom. The molecule has 0 aromatic heterocycles. The van der Waals surface area contributed by atoms with Gasteiger partial charge >= 0.3 is 0 Å². The zero-order valence-electron chi connectivity index (χ0n) is 12.9. The summed E-state index contributed by atoms with van der Waals surface area (Å²) in [5, 5.41) is 3.72. The molecular weight excluding hydrogens is 244 g/mol. The quantitative estimate of drug-likeness (QED) is 0.886. The Balaban J connectivity index is 1.56. The first-order chi connectivity index (χ1) is 9.65. The van der Waals surface area contributed by atoms with Crippen molar-refractivity contribution in [2.24, 2.45) is 5.92 Å². The summed E-state index contributed by atoms with van der Waals surface area (Å²) in [7, 11) is 0. The van der Waals surface area contributed by atoms with Crippen molar-refractivity contribution in [1.82, 2.24) is 10.2 Å². The minimum Gasteiger partial charge on any atom is -0.311 e. The number of benzene rings is 1. The normalized spacial score (nSPS) is 24.8. The van der Waals surface area contributed by atoms with Gasteiger partial charge in [-0.2, -0.15) is 0 Å². The predicted molar refractivity (Wildman–Crippen MR) is 84.9 cm³/mol. The van der Waals surface area contributed by atoms with Crippen LogP contribution in [0.1, 0.15) is 38.7 Å². The topological polar surface area (TPSA) is 15.3 Å². The molecule has 1 aliphatic carbocycles. The molecule has 1 aliphatic heterocycles. The third-order valence-electron chi connectivity index (χ3n) is 5.12. The van der Waals surface area contributed by atoms with E-state index in [1.807, 2.05) is 0 Å². The van der Waals surface area contributed by atoms with Crippen LogP contribution in [0.25, 0.3) is 0 Å². The molecule has 1 atom stereocenters. The molecule has 0 radical (unpaired) electrons. The Hall–Kier alpha value is -0.860. The van der Waals surface area contributed by atoms with E-state index in [0.29, 0.717) is 5.54 Å². The first-order valence-electron chi connectivity index (χ1n) is 8.17. The van der Waals surface area contributed by atoms with Crippen molar-refractivity contribution in [2.75, 3.05) is 19.6 Å². The van der Waals surface area contributed by atoms with Crippen LogP contribution in [-0.2, 0) is 6.42 Å². The minimum atomic E-state index is 0.311. The molecule has 110 valence electrons. The molecule has 1 unspecified atom stereocenters.